The Kier molecular flexibility index (Phi) is 5.99. The van der Waals surface area contributed by atoms with Gasteiger partial charge in [-0.2, -0.15) is 0 Å². The Labute approximate surface area is 106 Å². The molecule has 1 aromatic rings. The van der Waals surface area contributed by atoms with Crippen LogP contribution in [0.2, 0.25) is 0 Å². The Bertz CT molecular complexity index is 364. The van der Waals surface area contributed by atoms with Crippen LogP contribution in [0, 0.1) is 5.92 Å². The van der Waals surface area contributed by atoms with E-state index in [9.17, 15) is 0 Å². The number of hydrogen-bond donors (Lipinski definition) is 1. The van der Waals surface area contributed by atoms with Crippen molar-refractivity contribution in [3.8, 4) is 0 Å². The highest BCUT2D eigenvalue weighted by atomic mass is 14.8. The molecule has 1 rings (SSSR count). The molecule has 1 heteroatoms. The van der Waals surface area contributed by atoms with E-state index in [2.05, 4.69) is 63.4 Å². The van der Waals surface area contributed by atoms with Gasteiger partial charge in [0.1, 0.15) is 0 Å². The zero-order valence-electron chi connectivity index (χ0n) is 11.6. The first kappa shape index (κ1) is 14.0. The molecular formula is C16H25N. The first-order valence-corrected chi connectivity index (χ1v) is 6.68. The summed E-state index contributed by atoms with van der Waals surface area (Å²) in [5.74, 6) is 0.596. The predicted molar refractivity (Wildman–Crippen MR) is 77.2 cm³/mol. The van der Waals surface area contributed by atoms with Crippen LogP contribution in [0.15, 0.2) is 29.8 Å². The average Bonchev–Trinajstić information content (AvgIpc) is 2.34. The summed E-state index contributed by atoms with van der Waals surface area (Å²) in [6.45, 7) is 10.9. The molecule has 0 aliphatic heterocycles. The lowest BCUT2D eigenvalue weighted by Crippen LogP contribution is -2.18. The van der Waals surface area contributed by atoms with Gasteiger partial charge in [0, 0.05) is 6.54 Å². The van der Waals surface area contributed by atoms with Crippen LogP contribution in [0.1, 0.15) is 38.8 Å². The predicted octanol–water partition coefficient (Wildman–Crippen LogP) is 3.90. The minimum atomic E-state index is 0.596. The highest BCUT2D eigenvalue weighted by Gasteiger charge is 2.04. The molecule has 1 nitrogen and oxygen atoms in total. The largest absolute Gasteiger partial charge is 0.313 e. The van der Waals surface area contributed by atoms with Gasteiger partial charge in [0.05, 0.1) is 0 Å². The Balaban J connectivity index is 2.95. The third-order valence-corrected chi connectivity index (χ3v) is 3.10. The second kappa shape index (κ2) is 7.29. The summed E-state index contributed by atoms with van der Waals surface area (Å²) in [5, 5.41) is 3.42. The van der Waals surface area contributed by atoms with Crippen molar-refractivity contribution in [2.45, 2.75) is 34.1 Å². The third-order valence-electron chi connectivity index (χ3n) is 3.10. The molecule has 0 fully saturated rings. The molecule has 0 saturated carbocycles. The van der Waals surface area contributed by atoms with E-state index < -0.39 is 0 Å². The zero-order chi connectivity index (χ0) is 12.7. The van der Waals surface area contributed by atoms with Crippen molar-refractivity contribution >= 4 is 6.08 Å². The summed E-state index contributed by atoms with van der Waals surface area (Å²) < 4.78 is 0. The molecule has 0 unspecified atom stereocenters. The highest BCUT2D eigenvalue weighted by molar-refractivity contribution is 5.57. The van der Waals surface area contributed by atoms with Crippen LogP contribution < -0.4 is 5.32 Å². The third kappa shape index (κ3) is 4.35. The fourth-order valence-electron chi connectivity index (χ4n) is 1.89. The van der Waals surface area contributed by atoms with Crippen LogP contribution in [-0.2, 0) is 6.42 Å². The number of aryl methyl sites for hydroxylation is 1. The van der Waals surface area contributed by atoms with Crippen molar-refractivity contribution in [2.24, 2.45) is 5.92 Å². The Hall–Kier alpha value is -1.08. The highest BCUT2D eigenvalue weighted by Crippen LogP contribution is 2.17. The van der Waals surface area contributed by atoms with Crippen LogP contribution in [0.4, 0.5) is 0 Å². The number of benzene rings is 1. The molecule has 0 saturated heterocycles. The van der Waals surface area contributed by atoms with Crippen LogP contribution in [0.5, 0.6) is 0 Å². The molecule has 1 N–H and O–H groups in total. The lowest BCUT2D eigenvalue weighted by molar-refractivity contribution is 0.682. The van der Waals surface area contributed by atoms with Crippen molar-refractivity contribution < 1.29 is 0 Å². The summed E-state index contributed by atoms with van der Waals surface area (Å²) in [6.07, 6.45) is 3.45. The minimum absolute atomic E-state index is 0.596. The molecule has 0 radical (unpaired) electrons. The van der Waals surface area contributed by atoms with Gasteiger partial charge >= 0.3 is 0 Å². The van der Waals surface area contributed by atoms with Gasteiger partial charge in [-0.3, -0.25) is 0 Å². The molecule has 0 aromatic heterocycles. The SMILES string of the molecule is CCNCC(=Cc1ccccc1CC)C(C)C. The van der Waals surface area contributed by atoms with Crippen LogP contribution in [0.25, 0.3) is 6.08 Å². The van der Waals surface area contributed by atoms with E-state index >= 15 is 0 Å². The Morgan fingerprint density at radius 2 is 1.94 bits per heavy atom. The molecule has 0 amide bonds. The second-order valence-corrected chi connectivity index (χ2v) is 4.71. The Morgan fingerprint density at radius 1 is 1.24 bits per heavy atom. The maximum atomic E-state index is 3.42. The van der Waals surface area contributed by atoms with Gasteiger partial charge in [0.25, 0.3) is 0 Å². The molecule has 0 bridgehead atoms. The van der Waals surface area contributed by atoms with E-state index in [1.807, 2.05) is 0 Å². The molecule has 0 aliphatic rings. The second-order valence-electron chi connectivity index (χ2n) is 4.71. The molecule has 1 aromatic carbocycles. The molecule has 0 atom stereocenters. The number of nitrogens with one attached hydrogen (secondary N) is 1. The average molecular weight is 231 g/mol. The van der Waals surface area contributed by atoms with Crippen molar-refractivity contribution in [3.05, 3.63) is 41.0 Å². The molecule has 0 spiro atoms. The molecule has 94 valence electrons. The van der Waals surface area contributed by atoms with Gasteiger partial charge in [0.15, 0.2) is 0 Å². The van der Waals surface area contributed by atoms with Gasteiger partial charge < -0.3 is 5.32 Å². The summed E-state index contributed by atoms with van der Waals surface area (Å²) in [4.78, 5) is 0. The van der Waals surface area contributed by atoms with E-state index in [4.69, 9.17) is 0 Å². The van der Waals surface area contributed by atoms with Crippen LogP contribution in [0.3, 0.4) is 0 Å². The fraction of sp³-hybridized carbons (Fsp3) is 0.500. The Morgan fingerprint density at radius 3 is 2.53 bits per heavy atom. The number of hydrogen-bond acceptors (Lipinski definition) is 1. The minimum Gasteiger partial charge on any atom is -0.313 e. The zero-order valence-corrected chi connectivity index (χ0v) is 11.6. The van der Waals surface area contributed by atoms with E-state index in [0.717, 1.165) is 19.5 Å². The van der Waals surface area contributed by atoms with Crippen molar-refractivity contribution in [3.63, 3.8) is 0 Å². The van der Waals surface area contributed by atoms with Crippen molar-refractivity contribution in [1.82, 2.24) is 5.32 Å². The van der Waals surface area contributed by atoms with Gasteiger partial charge in [-0.25, -0.2) is 0 Å². The van der Waals surface area contributed by atoms with E-state index in [-0.39, 0.29) is 0 Å². The molecule has 0 heterocycles. The summed E-state index contributed by atoms with van der Waals surface area (Å²) in [7, 11) is 0. The normalized spacial score (nSPS) is 12.2. The topological polar surface area (TPSA) is 12.0 Å². The van der Waals surface area contributed by atoms with Crippen LogP contribution >= 0.6 is 0 Å². The van der Waals surface area contributed by atoms with Crippen molar-refractivity contribution in [2.75, 3.05) is 13.1 Å². The summed E-state index contributed by atoms with van der Waals surface area (Å²) in [5.41, 5.74) is 4.28. The smallest absolute Gasteiger partial charge is 0.0170 e. The number of likely N-dealkylation sites (N-methyl/N-ethyl adjacent to an activating group) is 1. The molecular weight excluding hydrogens is 206 g/mol. The number of rotatable bonds is 6. The molecule has 17 heavy (non-hydrogen) atoms. The standard InChI is InChI=1S/C16H25N/c1-5-14-9-7-8-10-15(14)11-16(13(3)4)12-17-6-2/h7-11,13,17H,5-6,12H2,1-4H3. The monoisotopic (exact) mass is 231 g/mol. The fourth-order valence-corrected chi connectivity index (χ4v) is 1.89. The van der Waals surface area contributed by atoms with E-state index in [1.54, 1.807) is 0 Å². The van der Waals surface area contributed by atoms with Gasteiger partial charge in [0.2, 0.25) is 0 Å². The first-order chi connectivity index (χ1) is 8.19. The van der Waals surface area contributed by atoms with E-state index in [1.165, 1.54) is 16.7 Å². The maximum absolute atomic E-state index is 3.42. The maximum Gasteiger partial charge on any atom is 0.0170 e. The van der Waals surface area contributed by atoms with Gasteiger partial charge in [-0.15, -0.1) is 0 Å². The summed E-state index contributed by atoms with van der Waals surface area (Å²) in [6, 6.07) is 8.68. The lowest BCUT2D eigenvalue weighted by atomic mass is 9.97. The van der Waals surface area contributed by atoms with Gasteiger partial charge in [-0.1, -0.05) is 63.6 Å². The van der Waals surface area contributed by atoms with Gasteiger partial charge in [-0.05, 0) is 30.0 Å². The van der Waals surface area contributed by atoms with Crippen LogP contribution in [-0.4, -0.2) is 13.1 Å². The van der Waals surface area contributed by atoms with Crippen molar-refractivity contribution in [1.29, 1.82) is 0 Å². The van der Waals surface area contributed by atoms with E-state index in [0.29, 0.717) is 5.92 Å². The summed E-state index contributed by atoms with van der Waals surface area (Å²) >= 11 is 0. The molecule has 0 aliphatic carbocycles. The first-order valence-electron chi connectivity index (χ1n) is 6.68. The quantitative estimate of drug-likeness (QED) is 0.783. The lowest BCUT2D eigenvalue weighted by Gasteiger charge is -2.13.